The van der Waals surface area contributed by atoms with Gasteiger partial charge in [-0.2, -0.15) is 0 Å². The van der Waals surface area contributed by atoms with Gasteiger partial charge in [0.05, 0.1) is 7.11 Å². The molecule has 0 heterocycles. The van der Waals surface area contributed by atoms with Crippen LogP contribution >= 0.6 is 0 Å². The van der Waals surface area contributed by atoms with Crippen molar-refractivity contribution < 1.29 is 14.3 Å². The average molecular weight is 219 g/mol. The first-order chi connectivity index (χ1) is 7.56. The van der Waals surface area contributed by atoms with E-state index in [0.717, 1.165) is 5.56 Å². The largest absolute Gasteiger partial charge is 0.497 e. The number of carbonyl (C=O) groups excluding carboxylic acids is 1. The third-order valence-electron chi connectivity index (χ3n) is 2.11. The lowest BCUT2D eigenvalue weighted by Crippen LogP contribution is -2.02. The highest BCUT2D eigenvalue weighted by molar-refractivity contribution is 5.69. The van der Waals surface area contributed by atoms with Gasteiger partial charge in [0.25, 0.3) is 0 Å². The van der Waals surface area contributed by atoms with Crippen LogP contribution in [0.3, 0.4) is 0 Å². The van der Waals surface area contributed by atoms with E-state index in [-0.39, 0.29) is 11.9 Å². The lowest BCUT2D eigenvalue weighted by atomic mass is 10.0. The summed E-state index contributed by atoms with van der Waals surface area (Å²) >= 11 is 0. The van der Waals surface area contributed by atoms with Gasteiger partial charge in [-0.15, -0.1) is 6.58 Å². The molecule has 0 bridgehead atoms. The lowest BCUT2D eigenvalue weighted by molar-refractivity contribution is -0.131. The van der Waals surface area contributed by atoms with E-state index < -0.39 is 0 Å². The SMILES string of the molecule is [CH2]C(C=C)c1cc(OC)cc(OC(C)=O)c1. The molecule has 0 aliphatic heterocycles. The molecular weight excluding hydrogens is 204 g/mol. The van der Waals surface area contributed by atoms with Gasteiger partial charge in [-0.25, -0.2) is 0 Å². The van der Waals surface area contributed by atoms with Crippen molar-refractivity contribution in [2.24, 2.45) is 0 Å². The Kier molecular flexibility index (Phi) is 4.11. The van der Waals surface area contributed by atoms with Crippen molar-refractivity contribution in [1.29, 1.82) is 0 Å². The number of methoxy groups -OCH3 is 1. The van der Waals surface area contributed by atoms with E-state index in [1.54, 1.807) is 25.3 Å². The second kappa shape index (κ2) is 5.35. The highest BCUT2D eigenvalue weighted by Crippen LogP contribution is 2.27. The van der Waals surface area contributed by atoms with Gasteiger partial charge in [0.1, 0.15) is 11.5 Å². The summed E-state index contributed by atoms with van der Waals surface area (Å²) in [7, 11) is 1.56. The third kappa shape index (κ3) is 3.12. The van der Waals surface area contributed by atoms with E-state index in [4.69, 9.17) is 9.47 Å². The molecule has 1 atom stereocenters. The van der Waals surface area contributed by atoms with Crippen molar-refractivity contribution in [2.75, 3.05) is 7.11 Å². The Bertz CT molecular complexity index is 396. The van der Waals surface area contributed by atoms with Crippen LogP contribution in [0.4, 0.5) is 0 Å². The zero-order valence-corrected chi connectivity index (χ0v) is 9.53. The summed E-state index contributed by atoms with van der Waals surface area (Å²) in [5.74, 6) is 0.657. The predicted octanol–water partition coefficient (Wildman–Crippen LogP) is 2.72. The maximum absolute atomic E-state index is 10.9. The van der Waals surface area contributed by atoms with Gasteiger partial charge >= 0.3 is 5.97 Å². The van der Waals surface area contributed by atoms with Crippen molar-refractivity contribution >= 4 is 5.97 Å². The van der Waals surface area contributed by atoms with E-state index in [1.807, 2.05) is 6.07 Å². The first kappa shape index (κ1) is 12.3. The summed E-state index contributed by atoms with van der Waals surface area (Å²) in [6, 6.07) is 5.25. The molecule has 3 heteroatoms. The minimum atomic E-state index is -0.363. The maximum Gasteiger partial charge on any atom is 0.308 e. The molecule has 0 aliphatic rings. The van der Waals surface area contributed by atoms with Gasteiger partial charge in [0, 0.05) is 18.9 Å². The van der Waals surface area contributed by atoms with Crippen LogP contribution in [0.1, 0.15) is 18.4 Å². The molecule has 0 amide bonds. The van der Waals surface area contributed by atoms with Crippen LogP contribution < -0.4 is 9.47 Å². The van der Waals surface area contributed by atoms with E-state index in [0.29, 0.717) is 11.5 Å². The number of ether oxygens (including phenoxy) is 2. The van der Waals surface area contributed by atoms with Crippen LogP contribution in [0.2, 0.25) is 0 Å². The number of esters is 1. The molecule has 3 nitrogen and oxygen atoms in total. The molecule has 0 fully saturated rings. The Morgan fingerprint density at radius 1 is 1.38 bits per heavy atom. The third-order valence-corrected chi connectivity index (χ3v) is 2.11. The number of allylic oxidation sites excluding steroid dienone is 1. The van der Waals surface area contributed by atoms with Gasteiger partial charge < -0.3 is 9.47 Å². The van der Waals surface area contributed by atoms with Gasteiger partial charge in [-0.3, -0.25) is 4.79 Å². The van der Waals surface area contributed by atoms with E-state index in [9.17, 15) is 4.79 Å². The summed E-state index contributed by atoms with van der Waals surface area (Å²) in [6.45, 7) is 8.94. The minimum absolute atomic E-state index is 0.0654. The van der Waals surface area contributed by atoms with E-state index >= 15 is 0 Å². The Morgan fingerprint density at radius 3 is 2.50 bits per heavy atom. The molecule has 1 rings (SSSR count). The lowest BCUT2D eigenvalue weighted by Gasteiger charge is -2.11. The molecule has 1 aromatic carbocycles. The molecule has 85 valence electrons. The van der Waals surface area contributed by atoms with Crippen LogP contribution in [0, 0.1) is 6.92 Å². The minimum Gasteiger partial charge on any atom is -0.497 e. The molecule has 0 saturated carbocycles. The second-order valence-electron chi connectivity index (χ2n) is 3.38. The van der Waals surface area contributed by atoms with Crippen molar-refractivity contribution in [3.05, 3.63) is 43.3 Å². The highest BCUT2D eigenvalue weighted by atomic mass is 16.5. The van der Waals surface area contributed by atoms with Crippen molar-refractivity contribution in [3.63, 3.8) is 0 Å². The first-order valence-electron chi connectivity index (χ1n) is 4.90. The molecule has 0 spiro atoms. The zero-order valence-electron chi connectivity index (χ0n) is 9.53. The van der Waals surface area contributed by atoms with Gasteiger partial charge in [-0.05, 0) is 24.6 Å². The van der Waals surface area contributed by atoms with E-state index in [2.05, 4.69) is 13.5 Å². The quantitative estimate of drug-likeness (QED) is 0.443. The van der Waals surface area contributed by atoms with Gasteiger partial charge in [0.15, 0.2) is 0 Å². The molecular formula is C13H15O3. The topological polar surface area (TPSA) is 35.5 Å². The molecule has 1 unspecified atom stereocenters. The molecule has 0 saturated heterocycles. The average Bonchev–Trinajstić information content (AvgIpc) is 2.26. The maximum atomic E-state index is 10.9. The number of rotatable bonds is 4. The number of carbonyl (C=O) groups is 1. The highest BCUT2D eigenvalue weighted by Gasteiger charge is 2.08. The number of benzene rings is 1. The van der Waals surface area contributed by atoms with E-state index in [1.165, 1.54) is 6.92 Å². The van der Waals surface area contributed by atoms with Crippen LogP contribution in [-0.2, 0) is 4.79 Å². The van der Waals surface area contributed by atoms with Gasteiger partial charge in [-0.1, -0.05) is 6.08 Å². The molecule has 16 heavy (non-hydrogen) atoms. The first-order valence-corrected chi connectivity index (χ1v) is 4.90. The van der Waals surface area contributed by atoms with Crippen molar-refractivity contribution in [2.45, 2.75) is 12.8 Å². The van der Waals surface area contributed by atoms with Crippen LogP contribution in [0.15, 0.2) is 30.9 Å². The summed E-state index contributed by atoms with van der Waals surface area (Å²) in [6.07, 6.45) is 1.71. The Morgan fingerprint density at radius 2 is 2.00 bits per heavy atom. The Balaban J connectivity index is 3.09. The summed E-state index contributed by atoms with van der Waals surface area (Å²) < 4.78 is 10.1. The predicted molar refractivity (Wildman–Crippen MR) is 62.6 cm³/mol. The summed E-state index contributed by atoms with van der Waals surface area (Å²) in [5.41, 5.74) is 0.894. The fourth-order valence-electron chi connectivity index (χ4n) is 1.29. The molecule has 1 aromatic rings. The van der Waals surface area contributed by atoms with Crippen LogP contribution in [0.5, 0.6) is 11.5 Å². The van der Waals surface area contributed by atoms with Gasteiger partial charge in [0.2, 0.25) is 0 Å². The number of hydrogen-bond donors (Lipinski definition) is 0. The second-order valence-corrected chi connectivity index (χ2v) is 3.38. The molecule has 1 radical (unpaired) electrons. The Labute approximate surface area is 95.7 Å². The summed E-state index contributed by atoms with van der Waals surface area (Å²) in [5, 5.41) is 0. The fraction of sp³-hybridized carbons (Fsp3) is 0.231. The van der Waals surface area contributed by atoms with Crippen LogP contribution in [-0.4, -0.2) is 13.1 Å². The zero-order chi connectivity index (χ0) is 12.1. The monoisotopic (exact) mass is 219 g/mol. The van der Waals surface area contributed by atoms with Crippen molar-refractivity contribution in [3.8, 4) is 11.5 Å². The molecule has 0 N–H and O–H groups in total. The Hall–Kier alpha value is -1.77. The normalized spacial score (nSPS) is 11.7. The molecule has 0 aromatic heterocycles. The smallest absolute Gasteiger partial charge is 0.308 e. The summed E-state index contributed by atoms with van der Waals surface area (Å²) in [4.78, 5) is 10.9. The fourth-order valence-corrected chi connectivity index (χ4v) is 1.29. The van der Waals surface area contributed by atoms with Crippen LogP contribution in [0.25, 0.3) is 0 Å². The number of hydrogen-bond acceptors (Lipinski definition) is 3. The molecule has 0 aliphatic carbocycles. The standard InChI is InChI=1S/C13H15O3/c1-5-9(2)11-6-12(15-4)8-13(7-11)16-10(3)14/h5-9H,1-2H2,3-4H3. The van der Waals surface area contributed by atoms with Crippen molar-refractivity contribution in [1.82, 2.24) is 0 Å².